The molecule has 136 valence electrons. The minimum absolute atomic E-state index is 0.0472. The van der Waals surface area contributed by atoms with Gasteiger partial charge in [-0.2, -0.15) is 0 Å². The Hall–Kier alpha value is -2.21. The summed E-state index contributed by atoms with van der Waals surface area (Å²) in [5.74, 6) is 2.61. The summed E-state index contributed by atoms with van der Waals surface area (Å²) < 4.78 is 11.3. The number of methoxy groups -OCH3 is 2. The summed E-state index contributed by atoms with van der Waals surface area (Å²) in [5.41, 5.74) is 2.09. The molecule has 1 saturated heterocycles. The summed E-state index contributed by atoms with van der Waals surface area (Å²) >= 11 is 1.84. The maximum atomic E-state index is 5.75. The molecule has 0 saturated carbocycles. The molecule has 2 aromatic rings. The molecule has 1 fully saturated rings. The van der Waals surface area contributed by atoms with Crippen molar-refractivity contribution in [1.82, 2.24) is 9.88 Å². The van der Waals surface area contributed by atoms with Crippen LogP contribution in [0.3, 0.4) is 0 Å². The van der Waals surface area contributed by atoms with E-state index in [1.165, 1.54) is 0 Å². The Bertz CT molecular complexity index is 812. The smallest absolute Gasteiger partial charge is 0.166 e. The molecule has 26 heavy (non-hydrogen) atoms. The third kappa shape index (κ3) is 2.72. The van der Waals surface area contributed by atoms with Crippen molar-refractivity contribution >= 4 is 16.9 Å². The lowest BCUT2D eigenvalue weighted by atomic mass is 9.94. The molecular formula is C20H23N3O2S. The minimum Gasteiger partial charge on any atom is -0.493 e. The fourth-order valence-electron chi connectivity index (χ4n) is 3.83. The number of hydrogen-bond acceptors (Lipinski definition) is 6. The second-order valence-electron chi connectivity index (χ2n) is 6.42. The van der Waals surface area contributed by atoms with Crippen LogP contribution in [-0.2, 0) is 0 Å². The van der Waals surface area contributed by atoms with E-state index in [0.717, 1.165) is 40.1 Å². The van der Waals surface area contributed by atoms with Gasteiger partial charge >= 0.3 is 0 Å². The standard InChI is InChI=1S/C20H23N3O2S/c1-4-13-12-26-20-22-17(15-9-5-6-11-21-15)18(23(13)20)14-8-7-10-16(24-2)19(14)25-3/h5-11,13,17-18H,4,12H2,1-3H3/t13-,17-,18+/m1/s1. The van der Waals surface area contributed by atoms with Gasteiger partial charge in [-0.3, -0.25) is 9.98 Å². The van der Waals surface area contributed by atoms with Crippen LogP contribution in [0.4, 0.5) is 0 Å². The van der Waals surface area contributed by atoms with Crippen LogP contribution in [0.1, 0.15) is 36.7 Å². The summed E-state index contributed by atoms with van der Waals surface area (Å²) in [6.07, 6.45) is 2.92. The first-order valence-corrected chi connectivity index (χ1v) is 9.87. The quantitative estimate of drug-likeness (QED) is 0.795. The Morgan fingerprint density at radius 3 is 2.73 bits per heavy atom. The molecule has 0 spiro atoms. The van der Waals surface area contributed by atoms with Gasteiger partial charge in [-0.15, -0.1) is 0 Å². The van der Waals surface area contributed by atoms with Crippen molar-refractivity contribution in [2.24, 2.45) is 4.99 Å². The summed E-state index contributed by atoms with van der Waals surface area (Å²) in [5, 5.41) is 1.11. The highest BCUT2D eigenvalue weighted by Gasteiger charge is 2.46. The molecule has 4 rings (SSSR count). The minimum atomic E-state index is -0.0472. The SMILES string of the molecule is CC[C@@H]1CSC2=N[C@H](c3ccccn3)[C@H](c3cccc(OC)c3OC)N21. The fraction of sp³-hybridized carbons (Fsp3) is 0.400. The zero-order chi connectivity index (χ0) is 18.1. The van der Waals surface area contributed by atoms with E-state index in [1.807, 2.05) is 42.2 Å². The lowest BCUT2D eigenvalue weighted by Crippen LogP contribution is -2.35. The predicted molar refractivity (Wildman–Crippen MR) is 105 cm³/mol. The Morgan fingerprint density at radius 2 is 2.04 bits per heavy atom. The molecule has 6 heteroatoms. The van der Waals surface area contributed by atoms with Gasteiger partial charge in [0.05, 0.1) is 26.0 Å². The molecule has 3 heterocycles. The number of aliphatic imine (C=N–C) groups is 1. The topological polar surface area (TPSA) is 47.0 Å². The predicted octanol–water partition coefficient (Wildman–Crippen LogP) is 4.08. The van der Waals surface area contributed by atoms with Gasteiger partial charge in [0.25, 0.3) is 0 Å². The number of hydrogen-bond donors (Lipinski definition) is 0. The molecular weight excluding hydrogens is 346 g/mol. The van der Waals surface area contributed by atoms with E-state index in [-0.39, 0.29) is 12.1 Å². The molecule has 0 radical (unpaired) electrons. The Balaban J connectivity index is 1.85. The zero-order valence-corrected chi connectivity index (χ0v) is 16.1. The van der Waals surface area contributed by atoms with Crippen LogP contribution in [-0.4, -0.2) is 41.1 Å². The number of amidine groups is 1. The van der Waals surface area contributed by atoms with Gasteiger partial charge in [0.1, 0.15) is 6.04 Å². The zero-order valence-electron chi connectivity index (χ0n) is 15.3. The van der Waals surface area contributed by atoms with E-state index < -0.39 is 0 Å². The van der Waals surface area contributed by atoms with Crippen LogP contribution in [0.2, 0.25) is 0 Å². The van der Waals surface area contributed by atoms with Gasteiger partial charge < -0.3 is 14.4 Å². The normalized spacial score (nSPS) is 24.3. The summed E-state index contributed by atoms with van der Waals surface area (Å²) in [6, 6.07) is 12.6. The second-order valence-corrected chi connectivity index (χ2v) is 7.41. The number of benzene rings is 1. The van der Waals surface area contributed by atoms with Gasteiger partial charge in [0.15, 0.2) is 16.7 Å². The van der Waals surface area contributed by atoms with Crippen molar-refractivity contribution in [3.05, 3.63) is 53.9 Å². The van der Waals surface area contributed by atoms with Crippen LogP contribution in [0.5, 0.6) is 11.5 Å². The number of fused-ring (bicyclic) bond motifs is 1. The maximum Gasteiger partial charge on any atom is 0.166 e. The van der Waals surface area contributed by atoms with E-state index in [9.17, 15) is 0 Å². The van der Waals surface area contributed by atoms with E-state index >= 15 is 0 Å². The molecule has 0 N–H and O–H groups in total. The van der Waals surface area contributed by atoms with Crippen LogP contribution in [0, 0.1) is 0 Å². The molecule has 2 aliphatic heterocycles. The average molecular weight is 369 g/mol. The third-order valence-electron chi connectivity index (χ3n) is 5.08. The lowest BCUT2D eigenvalue weighted by molar-refractivity contribution is 0.246. The van der Waals surface area contributed by atoms with Gasteiger partial charge in [0, 0.05) is 23.6 Å². The molecule has 0 aliphatic carbocycles. The summed E-state index contributed by atoms with van der Waals surface area (Å²) in [6.45, 7) is 2.24. The van der Waals surface area contributed by atoms with Crippen molar-refractivity contribution in [3.63, 3.8) is 0 Å². The van der Waals surface area contributed by atoms with Gasteiger partial charge in [0.2, 0.25) is 0 Å². The highest BCUT2D eigenvalue weighted by Crippen LogP contribution is 2.51. The monoisotopic (exact) mass is 369 g/mol. The summed E-state index contributed by atoms with van der Waals surface area (Å²) in [7, 11) is 3.37. The van der Waals surface area contributed by atoms with Crippen LogP contribution >= 0.6 is 11.8 Å². The van der Waals surface area contributed by atoms with Crippen LogP contribution in [0.25, 0.3) is 0 Å². The number of pyridine rings is 1. The number of rotatable bonds is 5. The van der Waals surface area contributed by atoms with Crippen molar-refractivity contribution < 1.29 is 9.47 Å². The van der Waals surface area contributed by atoms with Crippen LogP contribution < -0.4 is 9.47 Å². The first-order valence-electron chi connectivity index (χ1n) is 8.89. The number of ether oxygens (including phenoxy) is 2. The number of thioether (sulfide) groups is 1. The number of aromatic nitrogens is 1. The molecule has 3 atom stereocenters. The lowest BCUT2D eigenvalue weighted by Gasteiger charge is -2.32. The van der Waals surface area contributed by atoms with E-state index in [0.29, 0.717) is 6.04 Å². The van der Waals surface area contributed by atoms with Gasteiger partial charge in [-0.1, -0.05) is 36.9 Å². The molecule has 0 unspecified atom stereocenters. The van der Waals surface area contributed by atoms with Gasteiger partial charge in [-0.05, 0) is 24.6 Å². The molecule has 5 nitrogen and oxygen atoms in total. The molecule has 2 aliphatic rings. The highest BCUT2D eigenvalue weighted by atomic mass is 32.2. The van der Waals surface area contributed by atoms with Crippen LogP contribution in [0.15, 0.2) is 47.6 Å². The van der Waals surface area contributed by atoms with Gasteiger partial charge in [-0.25, -0.2) is 0 Å². The van der Waals surface area contributed by atoms with E-state index in [4.69, 9.17) is 14.5 Å². The Morgan fingerprint density at radius 1 is 1.15 bits per heavy atom. The van der Waals surface area contributed by atoms with E-state index in [1.54, 1.807) is 14.2 Å². The largest absolute Gasteiger partial charge is 0.493 e. The number of nitrogens with zero attached hydrogens (tertiary/aromatic N) is 3. The Kier molecular flexibility index (Phi) is 4.76. The van der Waals surface area contributed by atoms with Crippen molar-refractivity contribution in [1.29, 1.82) is 0 Å². The van der Waals surface area contributed by atoms with Crippen molar-refractivity contribution in [3.8, 4) is 11.5 Å². The van der Waals surface area contributed by atoms with Crippen molar-refractivity contribution in [2.75, 3.05) is 20.0 Å². The van der Waals surface area contributed by atoms with Crippen molar-refractivity contribution in [2.45, 2.75) is 31.5 Å². The second kappa shape index (κ2) is 7.19. The molecule has 1 aromatic carbocycles. The van der Waals surface area contributed by atoms with E-state index in [2.05, 4.69) is 28.9 Å². The Labute approximate surface area is 158 Å². The number of para-hydroxylation sites is 1. The third-order valence-corrected chi connectivity index (χ3v) is 6.21. The first kappa shape index (κ1) is 17.2. The maximum absolute atomic E-state index is 5.75. The molecule has 0 amide bonds. The summed E-state index contributed by atoms with van der Waals surface area (Å²) in [4.78, 5) is 12.1. The highest BCUT2D eigenvalue weighted by molar-refractivity contribution is 8.14. The molecule has 1 aromatic heterocycles. The fourth-order valence-corrected chi connectivity index (χ4v) is 5.17. The molecule has 0 bridgehead atoms. The average Bonchev–Trinajstić information content (AvgIpc) is 3.26. The first-order chi connectivity index (χ1) is 12.8.